The largest absolute Gasteiger partial charge is 0.406 e. The minimum atomic E-state index is -4.75. The lowest BCUT2D eigenvalue weighted by Crippen LogP contribution is -2.21. The molecule has 0 unspecified atom stereocenters. The highest BCUT2D eigenvalue weighted by atomic mass is 79.9. The first kappa shape index (κ1) is 11.9. The van der Waals surface area contributed by atoms with E-state index < -0.39 is 18.3 Å². The van der Waals surface area contributed by atoms with Crippen molar-refractivity contribution < 1.29 is 17.2 Å². The third-order valence-electron chi connectivity index (χ3n) is 1.81. The summed E-state index contributed by atoms with van der Waals surface area (Å²) in [7, 11) is -4.75. The minimum Gasteiger partial charge on any atom is -0.225 e. The van der Waals surface area contributed by atoms with Gasteiger partial charge in [-0.05, 0) is 12.1 Å². The van der Waals surface area contributed by atoms with Gasteiger partial charge in [-0.2, -0.15) is 8.78 Å². The van der Waals surface area contributed by atoms with Crippen LogP contribution in [0, 0.1) is 0 Å². The number of hydrogen-bond donors (Lipinski definition) is 0. The number of hydrogen-bond acceptors (Lipinski definition) is 4. The Morgan fingerprint density at radius 3 is 2.50 bits per heavy atom. The molecule has 0 N–H and O–H groups in total. The van der Waals surface area contributed by atoms with Crippen LogP contribution in [0.5, 0.6) is 0 Å². The summed E-state index contributed by atoms with van der Waals surface area (Å²) in [5, 5.41) is 0. The molecule has 0 saturated carbocycles. The van der Waals surface area contributed by atoms with E-state index in [0.717, 1.165) is 11.3 Å². The molecule has 0 radical (unpaired) electrons. The molecule has 0 aliphatic heterocycles. The highest BCUT2D eigenvalue weighted by molar-refractivity contribution is 9.11. The third kappa shape index (κ3) is 1.85. The molecule has 1 aromatic heterocycles. The van der Waals surface area contributed by atoms with Gasteiger partial charge in [0.25, 0.3) is 9.84 Å². The molecule has 86 valence electrons. The van der Waals surface area contributed by atoms with E-state index in [4.69, 9.17) is 0 Å². The number of benzene rings is 1. The number of para-hydroxylation sites is 1. The summed E-state index contributed by atoms with van der Waals surface area (Å²) < 4.78 is 44.3. The molecule has 1 heterocycles. The molecule has 2 aromatic rings. The minimum absolute atomic E-state index is 0.392. The average molecular weight is 328 g/mol. The maximum Gasteiger partial charge on any atom is 0.406 e. The lowest BCUT2D eigenvalue weighted by molar-refractivity contribution is 0.204. The molecule has 3 nitrogen and oxygen atoms in total. The van der Waals surface area contributed by atoms with Crippen molar-refractivity contribution in [2.24, 2.45) is 0 Å². The molecule has 16 heavy (non-hydrogen) atoms. The lowest BCUT2D eigenvalue weighted by Gasteiger charge is -2.05. The SMILES string of the molecule is O=S(=O)(c1nc2ccccc2s1)C(F)(F)Br. The summed E-state index contributed by atoms with van der Waals surface area (Å²) >= 11 is 2.56. The quantitative estimate of drug-likeness (QED) is 0.796. The van der Waals surface area contributed by atoms with E-state index in [1.807, 2.05) is 15.9 Å². The van der Waals surface area contributed by atoms with Crippen LogP contribution in [0.3, 0.4) is 0 Å². The maximum absolute atomic E-state index is 12.8. The van der Waals surface area contributed by atoms with Crippen molar-refractivity contribution in [3.8, 4) is 0 Å². The standard InChI is InChI=1S/C8H4BrF2NO2S2/c9-8(10,11)16(13,14)7-12-5-3-1-2-4-6(5)15-7/h1-4H. The van der Waals surface area contributed by atoms with E-state index in [1.165, 1.54) is 0 Å². The number of rotatable bonds is 2. The summed E-state index contributed by atoms with van der Waals surface area (Å²) in [5.74, 6) is 0. The predicted octanol–water partition coefficient (Wildman–Crippen LogP) is 3.02. The fourth-order valence-electron chi connectivity index (χ4n) is 1.07. The van der Waals surface area contributed by atoms with Crippen molar-refractivity contribution in [2.75, 3.05) is 0 Å². The first-order valence-electron chi connectivity index (χ1n) is 3.99. The zero-order chi connectivity index (χ0) is 12.0. The first-order valence-corrected chi connectivity index (χ1v) is 7.08. The number of aromatic nitrogens is 1. The third-order valence-corrected chi connectivity index (χ3v) is 5.99. The molecule has 0 aliphatic carbocycles. The number of halogens is 3. The van der Waals surface area contributed by atoms with Gasteiger partial charge in [-0.15, -0.1) is 11.3 Å². The van der Waals surface area contributed by atoms with Crippen LogP contribution in [0.15, 0.2) is 28.6 Å². The molecule has 2 rings (SSSR count). The van der Waals surface area contributed by atoms with E-state index in [1.54, 1.807) is 24.3 Å². The summed E-state index contributed by atoms with van der Waals surface area (Å²) in [6.45, 7) is 0. The van der Waals surface area contributed by atoms with E-state index in [-0.39, 0.29) is 0 Å². The van der Waals surface area contributed by atoms with Crippen LogP contribution in [0.1, 0.15) is 0 Å². The Labute approximate surface area is 102 Å². The molecule has 0 saturated heterocycles. The molecule has 0 amide bonds. The van der Waals surface area contributed by atoms with Gasteiger partial charge in [0.05, 0.1) is 10.2 Å². The molecular weight excluding hydrogens is 324 g/mol. The van der Waals surface area contributed by atoms with Crippen molar-refractivity contribution in [3.63, 3.8) is 0 Å². The van der Waals surface area contributed by atoms with E-state index in [9.17, 15) is 17.2 Å². The molecule has 8 heteroatoms. The molecule has 0 spiro atoms. The second-order valence-electron chi connectivity index (χ2n) is 2.90. The van der Waals surface area contributed by atoms with Gasteiger partial charge in [0.1, 0.15) is 0 Å². The van der Waals surface area contributed by atoms with Gasteiger partial charge in [-0.25, -0.2) is 13.4 Å². The Kier molecular flexibility index (Phi) is 2.75. The fraction of sp³-hybridized carbons (Fsp3) is 0.125. The second kappa shape index (κ2) is 3.71. The Bertz CT molecular complexity index is 600. The first-order chi connectivity index (χ1) is 7.32. The van der Waals surface area contributed by atoms with Gasteiger partial charge in [0, 0.05) is 15.9 Å². The van der Waals surface area contributed by atoms with Crippen LogP contribution in [-0.4, -0.2) is 17.6 Å². The van der Waals surface area contributed by atoms with Gasteiger partial charge in [0.2, 0.25) is 4.34 Å². The van der Waals surface area contributed by atoms with Gasteiger partial charge in [0.15, 0.2) is 0 Å². The molecule has 1 aromatic carbocycles. The van der Waals surface area contributed by atoms with Crippen molar-refractivity contribution in [3.05, 3.63) is 24.3 Å². The number of nitrogens with zero attached hydrogens (tertiary/aromatic N) is 1. The highest BCUT2D eigenvalue weighted by Gasteiger charge is 2.45. The van der Waals surface area contributed by atoms with Gasteiger partial charge in [-0.3, -0.25) is 0 Å². The van der Waals surface area contributed by atoms with Crippen molar-refractivity contribution >= 4 is 47.3 Å². The molecule has 0 bridgehead atoms. The summed E-state index contributed by atoms with van der Waals surface area (Å²) in [6.07, 6.45) is 0. The molecule has 0 fully saturated rings. The van der Waals surface area contributed by atoms with Crippen molar-refractivity contribution in [1.82, 2.24) is 4.98 Å². The number of thiazole rings is 1. The summed E-state index contributed by atoms with van der Waals surface area (Å²) in [4.78, 5) is 3.67. The topological polar surface area (TPSA) is 47.0 Å². The van der Waals surface area contributed by atoms with Crippen LogP contribution in [0.25, 0.3) is 10.2 Å². The van der Waals surface area contributed by atoms with Gasteiger partial charge < -0.3 is 0 Å². The van der Waals surface area contributed by atoms with Crippen molar-refractivity contribution in [1.29, 1.82) is 0 Å². The lowest BCUT2D eigenvalue weighted by atomic mass is 10.3. The average Bonchev–Trinajstić information content (AvgIpc) is 2.59. The monoisotopic (exact) mass is 327 g/mol. The second-order valence-corrected chi connectivity index (χ2v) is 7.61. The Hall–Kier alpha value is -0.600. The smallest absolute Gasteiger partial charge is 0.225 e. The van der Waals surface area contributed by atoms with Crippen LogP contribution in [-0.2, 0) is 9.84 Å². The summed E-state index contributed by atoms with van der Waals surface area (Å²) in [6, 6.07) is 6.53. The molecular formula is C8H4BrF2NO2S2. The number of fused-ring (bicyclic) bond motifs is 1. The van der Waals surface area contributed by atoms with Crippen molar-refractivity contribution in [2.45, 2.75) is 8.50 Å². The molecule has 0 aliphatic rings. The van der Waals surface area contributed by atoms with Gasteiger partial charge in [-0.1, -0.05) is 12.1 Å². The highest BCUT2D eigenvalue weighted by Crippen LogP contribution is 2.37. The van der Waals surface area contributed by atoms with E-state index in [2.05, 4.69) is 4.98 Å². The molecule has 0 atom stereocenters. The Balaban J connectivity index is 2.66. The predicted molar refractivity (Wildman–Crippen MR) is 60.7 cm³/mol. The normalized spacial score (nSPS) is 13.2. The Morgan fingerprint density at radius 1 is 1.31 bits per heavy atom. The fourth-order valence-corrected chi connectivity index (χ4v) is 3.98. The maximum atomic E-state index is 12.8. The van der Waals surface area contributed by atoms with Gasteiger partial charge >= 0.3 is 4.16 Å². The van der Waals surface area contributed by atoms with Crippen LogP contribution in [0.2, 0.25) is 0 Å². The zero-order valence-corrected chi connectivity index (χ0v) is 10.7. The van der Waals surface area contributed by atoms with Crippen LogP contribution >= 0.6 is 27.3 Å². The van der Waals surface area contributed by atoms with E-state index in [0.29, 0.717) is 10.2 Å². The van der Waals surface area contributed by atoms with Crippen LogP contribution < -0.4 is 0 Å². The zero-order valence-electron chi connectivity index (χ0n) is 7.52. The van der Waals surface area contributed by atoms with E-state index >= 15 is 0 Å². The summed E-state index contributed by atoms with van der Waals surface area (Å²) in [5.41, 5.74) is 0.392. The number of sulfone groups is 1. The number of alkyl halides is 3. The Morgan fingerprint density at radius 2 is 1.94 bits per heavy atom. The van der Waals surface area contributed by atoms with Crippen LogP contribution in [0.4, 0.5) is 8.78 Å².